The molecule has 0 N–H and O–H groups in total. The van der Waals surface area contributed by atoms with E-state index in [-0.39, 0.29) is 0 Å². The summed E-state index contributed by atoms with van der Waals surface area (Å²) in [5.41, 5.74) is 2.61. The number of rotatable bonds is 1. The molecule has 0 fully saturated rings. The van der Waals surface area contributed by atoms with Crippen LogP contribution in [-0.2, 0) is 0 Å². The Labute approximate surface area is 66.6 Å². The fourth-order valence-electron chi connectivity index (χ4n) is 0.882. The smallest absolute Gasteiger partial charge is 0.0101 e. The first-order valence-corrected chi connectivity index (χ1v) is 4.50. The van der Waals surface area contributed by atoms with Crippen molar-refractivity contribution < 1.29 is 0 Å². The SMILES string of the molecule is CSc1cc[c]c(C)c1C. The zero-order valence-electron chi connectivity index (χ0n) is 6.56. The summed E-state index contributed by atoms with van der Waals surface area (Å²) in [4.78, 5) is 1.36. The summed E-state index contributed by atoms with van der Waals surface area (Å²) in [5, 5.41) is 0. The Morgan fingerprint density at radius 2 is 2.10 bits per heavy atom. The second kappa shape index (κ2) is 3.11. The van der Waals surface area contributed by atoms with Gasteiger partial charge in [0.05, 0.1) is 0 Å². The first kappa shape index (κ1) is 7.67. The Bertz CT molecular complexity index is 228. The Balaban J connectivity index is 3.14. The summed E-state index contributed by atoms with van der Waals surface area (Å²) in [6.07, 6.45) is 2.10. The van der Waals surface area contributed by atoms with Crippen LogP contribution in [0.4, 0.5) is 0 Å². The van der Waals surface area contributed by atoms with Crippen LogP contribution in [-0.4, -0.2) is 6.26 Å². The fourth-order valence-corrected chi connectivity index (χ4v) is 1.54. The summed E-state index contributed by atoms with van der Waals surface area (Å²) in [5.74, 6) is 0. The van der Waals surface area contributed by atoms with Crippen molar-refractivity contribution in [3.05, 3.63) is 29.3 Å². The molecule has 0 saturated carbocycles. The normalized spacial score (nSPS) is 9.90. The van der Waals surface area contributed by atoms with E-state index in [2.05, 4.69) is 32.2 Å². The van der Waals surface area contributed by atoms with E-state index in [0.717, 1.165) is 0 Å². The minimum absolute atomic E-state index is 1.26. The van der Waals surface area contributed by atoms with E-state index in [1.165, 1.54) is 16.0 Å². The molecule has 1 aromatic rings. The molecule has 1 radical (unpaired) electrons. The lowest BCUT2D eigenvalue weighted by Gasteiger charge is -2.03. The maximum atomic E-state index is 3.16. The molecule has 0 aliphatic heterocycles. The molecule has 1 heteroatoms. The first-order valence-electron chi connectivity index (χ1n) is 3.27. The lowest BCUT2D eigenvalue weighted by molar-refractivity contribution is 1.23. The summed E-state index contributed by atoms with van der Waals surface area (Å²) < 4.78 is 0. The van der Waals surface area contributed by atoms with Crippen LogP contribution in [0.25, 0.3) is 0 Å². The third kappa shape index (κ3) is 1.35. The molecular formula is C9H11S. The summed E-state index contributed by atoms with van der Waals surface area (Å²) in [6, 6.07) is 7.25. The molecule has 53 valence electrons. The quantitative estimate of drug-likeness (QED) is 0.556. The van der Waals surface area contributed by atoms with Crippen molar-refractivity contribution >= 4 is 11.8 Å². The minimum atomic E-state index is 1.26. The number of aryl methyl sites for hydroxylation is 1. The van der Waals surface area contributed by atoms with E-state index < -0.39 is 0 Å². The number of thioether (sulfide) groups is 1. The molecule has 0 atom stereocenters. The van der Waals surface area contributed by atoms with E-state index in [9.17, 15) is 0 Å². The van der Waals surface area contributed by atoms with Gasteiger partial charge in [-0.05, 0) is 43.4 Å². The second-order valence-corrected chi connectivity index (χ2v) is 3.14. The minimum Gasteiger partial charge on any atom is -0.129 e. The van der Waals surface area contributed by atoms with Gasteiger partial charge < -0.3 is 0 Å². The van der Waals surface area contributed by atoms with Crippen LogP contribution >= 0.6 is 11.8 Å². The van der Waals surface area contributed by atoms with Crippen LogP contribution in [0.5, 0.6) is 0 Å². The van der Waals surface area contributed by atoms with Gasteiger partial charge in [-0.1, -0.05) is 6.07 Å². The highest BCUT2D eigenvalue weighted by Gasteiger charge is 1.96. The van der Waals surface area contributed by atoms with E-state index >= 15 is 0 Å². The predicted molar refractivity (Wildman–Crippen MR) is 46.5 cm³/mol. The molecule has 10 heavy (non-hydrogen) atoms. The molecule has 0 unspecified atom stereocenters. The Morgan fingerprint density at radius 3 is 2.60 bits per heavy atom. The van der Waals surface area contributed by atoms with Crippen LogP contribution < -0.4 is 0 Å². The van der Waals surface area contributed by atoms with Gasteiger partial charge in [0.25, 0.3) is 0 Å². The zero-order valence-corrected chi connectivity index (χ0v) is 7.38. The summed E-state index contributed by atoms with van der Waals surface area (Å²) in [7, 11) is 0. The molecule has 0 aliphatic carbocycles. The predicted octanol–water partition coefficient (Wildman–Crippen LogP) is 2.83. The largest absolute Gasteiger partial charge is 0.129 e. The second-order valence-electron chi connectivity index (χ2n) is 2.30. The molecule has 0 spiro atoms. The maximum absolute atomic E-state index is 3.16. The molecule has 0 amide bonds. The molecule has 1 rings (SSSR count). The van der Waals surface area contributed by atoms with Crippen LogP contribution in [0.1, 0.15) is 11.1 Å². The standard InChI is InChI=1S/C9H11S/c1-7-5-4-6-9(10-3)8(7)2/h4,6H,1-3H3. The van der Waals surface area contributed by atoms with Crippen molar-refractivity contribution in [3.8, 4) is 0 Å². The lowest BCUT2D eigenvalue weighted by atomic mass is 10.1. The topological polar surface area (TPSA) is 0 Å². The van der Waals surface area contributed by atoms with Gasteiger partial charge in [-0.25, -0.2) is 0 Å². The molecule has 0 aliphatic rings. The van der Waals surface area contributed by atoms with Crippen molar-refractivity contribution in [3.63, 3.8) is 0 Å². The Kier molecular flexibility index (Phi) is 2.39. The monoisotopic (exact) mass is 151 g/mol. The van der Waals surface area contributed by atoms with Gasteiger partial charge in [0.1, 0.15) is 0 Å². The van der Waals surface area contributed by atoms with Crippen molar-refractivity contribution in [2.24, 2.45) is 0 Å². The van der Waals surface area contributed by atoms with Crippen molar-refractivity contribution in [1.82, 2.24) is 0 Å². The van der Waals surface area contributed by atoms with E-state index in [0.29, 0.717) is 0 Å². The van der Waals surface area contributed by atoms with Gasteiger partial charge in [0.2, 0.25) is 0 Å². The van der Waals surface area contributed by atoms with Gasteiger partial charge in [0, 0.05) is 4.90 Å². The first-order chi connectivity index (χ1) is 4.75. The fraction of sp³-hybridized carbons (Fsp3) is 0.333. The maximum Gasteiger partial charge on any atom is 0.0101 e. The molecular weight excluding hydrogens is 140 g/mol. The molecule has 0 bridgehead atoms. The highest BCUT2D eigenvalue weighted by atomic mass is 32.2. The number of hydrogen-bond acceptors (Lipinski definition) is 1. The molecule has 0 heterocycles. The average Bonchev–Trinajstić information content (AvgIpc) is 1.95. The molecule has 0 saturated heterocycles. The van der Waals surface area contributed by atoms with Crippen molar-refractivity contribution in [1.29, 1.82) is 0 Å². The van der Waals surface area contributed by atoms with Crippen molar-refractivity contribution in [2.45, 2.75) is 18.7 Å². The van der Waals surface area contributed by atoms with Gasteiger partial charge in [-0.15, -0.1) is 11.8 Å². The Hall–Kier alpha value is -0.430. The van der Waals surface area contributed by atoms with Crippen LogP contribution in [0.15, 0.2) is 17.0 Å². The third-order valence-corrected chi connectivity index (χ3v) is 2.57. The van der Waals surface area contributed by atoms with Gasteiger partial charge in [0.15, 0.2) is 0 Å². The van der Waals surface area contributed by atoms with E-state index in [4.69, 9.17) is 0 Å². The zero-order chi connectivity index (χ0) is 7.56. The Morgan fingerprint density at radius 1 is 1.40 bits per heavy atom. The van der Waals surface area contributed by atoms with Crippen LogP contribution in [0.3, 0.4) is 0 Å². The summed E-state index contributed by atoms with van der Waals surface area (Å²) >= 11 is 1.79. The van der Waals surface area contributed by atoms with Crippen LogP contribution in [0.2, 0.25) is 0 Å². The van der Waals surface area contributed by atoms with Gasteiger partial charge >= 0.3 is 0 Å². The van der Waals surface area contributed by atoms with Gasteiger partial charge in [-0.3, -0.25) is 0 Å². The molecule has 1 aromatic carbocycles. The third-order valence-electron chi connectivity index (χ3n) is 1.69. The van der Waals surface area contributed by atoms with Crippen LogP contribution in [0, 0.1) is 19.9 Å². The average molecular weight is 151 g/mol. The number of hydrogen-bond donors (Lipinski definition) is 0. The lowest BCUT2D eigenvalue weighted by Crippen LogP contribution is -1.82. The summed E-state index contributed by atoms with van der Waals surface area (Å²) in [6.45, 7) is 4.23. The van der Waals surface area contributed by atoms with Gasteiger partial charge in [-0.2, -0.15) is 0 Å². The highest BCUT2D eigenvalue weighted by molar-refractivity contribution is 7.98. The molecule has 0 nitrogen and oxygen atoms in total. The van der Waals surface area contributed by atoms with Crippen molar-refractivity contribution in [2.75, 3.05) is 6.26 Å². The highest BCUT2D eigenvalue weighted by Crippen LogP contribution is 2.21. The number of benzene rings is 1. The molecule has 0 aromatic heterocycles. The van der Waals surface area contributed by atoms with E-state index in [1.54, 1.807) is 11.8 Å². The van der Waals surface area contributed by atoms with E-state index in [1.807, 2.05) is 6.07 Å².